The lowest BCUT2D eigenvalue weighted by molar-refractivity contribution is -0.135. The molecule has 22 heavy (non-hydrogen) atoms. The number of rotatable bonds is 6. The van der Waals surface area contributed by atoms with E-state index < -0.39 is 0 Å². The number of hydrogen-bond acceptors (Lipinski definition) is 3. The first-order valence-corrected chi connectivity index (χ1v) is 8.25. The Hall–Kier alpha value is -1.85. The second-order valence-corrected chi connectivity index (χ2v) is 6.37. The van der Waals surface area contributed by atoms with Gasteiger partial charge in [-0.25, -0.2) is 4.98 Å². The van der Waals surface area contributed by atoms with Gasteiger partial charge in [-0.15, -0.1) is 0 Å². The van der Waals surface area contributed by atoms with Gasteiger partial charge in [0.2, 0.25) is 11.8 Å². The van der Waals surface area contributed by atoms with E-state index in [0.717, 1.165) is 25.1 Å². The lowest BCUT2D eigenvalue weighted by Gasteiger charge is -2.33. The third-order valence-corrected chi connectivity index (χ3v) is 4.49. The highest BCUT2D eigenvalue weighted by molar-refractivity contribution is 5.83. The number of carbonyl (C=O) groups is 2. The molecule has 3 rings (SSSR count). The number of nitrogens with zero attached hydrogens (tertiary/aromatic N) is 3. The standard InChI is InChI=1S/C16H24N4O2/c1-2-3-4-15(21)19-9-13-8-17-11-20(13)14(10-19)16(22)18-7-12-5-6-12/h8,11-12,14H,2-7,9-10H2,1H3,(H,18,22)/t14-/m1/s1. The summed E-state index contributed by atoms with van der Waals surface area (Å²) < 4.78 is 1.91. The molecule has 120 valence electrons. The highest BCUT2D eigenvalue weighted by Crippen LogP contribution is 2.28. The third-order valence-electron chi connectivity index (χ3n) is 4.49. The molecule has 1 atom stereocenters. The van der Waals surface area contributed by atoms with Gasteiger partial charge in [0.15, 0.2) is 0 Å². The third kappa shape index (κ3) is 3.31. The maximum Gasteiger partial charge on any atom is 0.244 e. The number of imidazole rings is 1. The van der Waals surface area contributed by atoms with E-state index in [2.05, 4.69) is 17.2 Å². The fourth-order valence-corrected chi connectivity index (χ4v) is 2.86. The predicted octanol–water partition coefficient (Wildman–Crippen LogP) is 1.48. The van der Waals surface area contributed by atoms with Crippen molar-refractivity contribution in [3.63, 3.8) is 0 Å². The molecule has 6 nitrogen and oxygen atoms in total. The minimum Gasteiger partial charge on any atom is -0.354 e. The SMILES string of the molecule is CCCCC(=O)N1Cc2cncn2[C@@H](C(=O)NCC2CC2)C1. The molecule has 2 heterocycles. The van der Waals surface area contributed by atoms with E-state index in [9.17, 15) is 9.59 Å². The summed E-state index contributed by atoms with van der Waals surface area (Å²) in [6, 6.07) is -0.351. The number of unbranched alkanes of at least 4 members (excludes halogenated alkanes) is 1. The number of fused-ring (bicyclic) bond motifs is 1. The Morgan fingerprint density at radius 2 is 2.23 bits per heavy atom. The molecule has 1 N–H and O–H groups in total. The molecule has 1 fully saturated rings. The first-order chi connectivity index (χ1) is 10.7. The minimum atomic E-state index is -0.351. The average molecular weight is 304 g/mol. The summed E-state index contributed by atoms with van der Waals surface area (Å²) >= 11 is 0. The number of amides is 2. The fraction of sp³-hybridized carbons (Fsp3) is 0.688. The van der Waals surface area contributed by atoms with Crippen LogP contribution in [0.1, 0.15) is 50.8 Å². The first kappa shape index (κ1) is 15.1. The largest absolute Gasteiger partial charge is 0.354 e. The summed E-state index contributed by atoms with van der Waals surface area (Å²) in [6.45, 7) is 3.83. The van der Waals surface area contributed by atoms with Gasteiger partial charge in [0.1, 0.15) is 6.04 Å². The van der Waals surface area contributed by atoms with Crippen LogP contribution in [0.4, 0.5) is 0 Å². The van der Waals surface area contributed by atoms with Crippen LogP contribution in [-0.4, -0.2) is 39.4 Å². The normalized spacial score (nSPS) is 20.6. The zero-order valence-corrected chi connectivity index (χ0v) is 13.1. The van der Waals surface area contributed by atoms with E-state index in [-0.39, 0.29) is 17.9 Å². The van der Waals surface area contributed by atoms with Crippen LogP contribution in [0.5, 0.6) is 0 Å². The molecular formula is C16H24N4O2. The molecule has 2 aliphatic rings. The van der Waals surface area contributed by atoms with Crippen molar-refractivity contribution in [1.82, 2.24) is 19.8 Å². The van der Waals surface area contributed by atoms with E-state index in [1.165, 1.54) is 12.8 Å². The quantitative estimate of drug-likeness (QED) is 0.865. The summed E-state index contributed by atoms with van der Waals surface area (Å²) in [5, 5.41) is 3.02. The zero-order chi connectivity index (χ0) is 15.5. The molecule has 0 bridgehead atoms. The Kier molecular flexibility index (Phi) is 4.45. The van der Waals surface area contributed by atoms with Crippen LogP contribution in [0.15, 0.2) is 12.5 Å². The Morgan fingerprint density at radius 3 is 2.95 bits per heavy atom. The van der Waals surface area contributed by atoms with E-state index in [4.69, 9.17) is 0 Å². The number of nitrogens with one attached hydrogen (secondary N) is 1. The second kappa shape index (κ2) is 6.50. The first-order valence-electron chi connectivity index (χ1n) is 8.25. The maximum atomic E-state index is 12.5. The molecule has 0 aromatic carbocycles. The van der Waals surface area contributed by atoms with Crippen LogP contribution in [0.2, 0.25) is 0 Å². The van der Waals surface area contributed by atoms with Gasteiger partial charge in [0, 0.05) is 19.2 Å². The summed E-state index contributed by atoms with van der Waals surface area (Å²) in [5.41, 5.74) is 0.933. The van der Waals surface area contributed by atoms with Crippen LogP contribution in [-0.2, 0) is 16.1 Å². The van der Waals surface area contributed by atoms with Crippen molar-refractivity contribution in [3.8, 4) is 0 Å². The topological polar surface area (TPSA) is 67.2 Å². The molecule has 0 spiro atoms. The predicted molar refractivity (Wildman–Crippen MR) is 81.9 cm³/mol. The van der Waals surface area contributed by atoms with Crippen LogP contribution in [0.3, 0.4) is 0 Å². The molecular weight excluding hydrogens is 280 g/mol. The second-order valence-electron chi connectivity index (χ2n) is 6.37. The molecule has 1 aromatic heterocycles. The Morgan fingerprint density at radius 1 is 1.41 bits per heavy atom. The Balaban J connectivity index is 1.68. The van der Waals surface area contributed by atoms with Crippen LogP contribution in [0, 0.1) is 5.92 Å². The van der Waals surface area contributed by atoms with Crippen molar-refractivity contribution in [1.29, 1.82) is 0 Å². The lowest BCUT2D eigenvalue weighted by atomic mass is 10.1. The van der Waals surface area contributed by atoms with E-state index in [1.54, 1.807) is 17.4 Å². The molecule has 1 saturated carbocycles. The van der Waals surface area contributed by atoms with Gasteiger partial charge >= 0.3 is 0 Å². The lowest BCUT2D eigenvalue weighted by Crippen LogP contribution is -2.46. The van der Waals surface area contributed by atoms with Gasteiger partial charge in [-0.05, 0) is 25.2 Å². The number of carbonyl (C=O) groups excluding carboxylic acids is 2. The van der Waals surface area contributed by atoms with Gasteiger partial charge in [-0.1, -0.05) is 13.3 Å². The summed E-state index contributed by atoms with van der Waals surface area (Å²) in [7, 11) is 0. The van der Waals surface area contributed by atoms with Gasteiger partial charge in [0.05, 0.1) is 25.1 Å². The monoisotopic (exact) mass is 304 g/mol. The van der Waals surface area contributed by atoms with E-state index >= 15 is 0 Å². The summed E-state index contributed by atoms with van der Waals surface area (Å²) in [4.78, 5) is 30.7. The summed E-state index contributed by atoms with van der Waals surface area (Å²) in [6.07, 6.45) is 8.33. The van der Waals surface area contributed by atoms with Crippen molar-refractivity contribution in [3.05, 3.63) is 18.2 Å². The molecule has 0 unspecified atom stereocenters. The van der Waals surface area contributed by atoms with Crippen molar-refractivity contribution in [2.75, 3.05) is 13.1 Å². The average Bonchev–Trinajstić information content (AvgIpc) is 3.24. The van der Waals surface area contributed by atoms with Crippen molar-refractivity contribution >= 4 is 11.8 Å². The molecule has 0 radical (unpaired) electrons. The smallest absolute Gasteiger partial charge is 0.244 e. The van der Waals surface area contributed by atoms with Gasteiger partial charge in [0.25, 0.3) is 0 Å². The minimum absolute atomic E-state index is 0.000795. The molecule has 1 aliphatic carbocycles. The van der Waals surface area contributed by atoms with Gasteiger partial charge in [-0.3, -0.25) is 9.59 Å². The summed E-state index contributed by atoms with van der Waals surface area (Å²) in [5.74, 6) is 0.783. The van der Waals surface area contributed by atoms with E-state index in [1.807, 2.05) is 4.57 Å². The molecule has 1 aromatic rings. The zero-order valence-electron chi connectivity index (χ0n) is 13.1. The Bertz CT molecular complexity index is 550. The van der Waals surface area contributed by atoms with Gasteiger partial charge < -0.3 is 14.8 Å². The highest BCUT2D eigenvalue weighted by atomic mass is 16.2. The molecule has 2 amide bonds. The fourth-order valence-electron chi connectivity index (χ4n) is 2.86. The number of hydrogen-bond donors (Lipinski definition) is 1. The Labute approximate surface area is 130 Å². The van der Waals surface area contributed by atoms with Crippen molar-refractivity contribution in [2.45, 2.75) is 51.6 Å². The van der Waals surface area contributed by atoms with Crippen molar-refractivity contribution < 1.29 is 9.59 Å². The van der Waals surface area contributed by atoms with E-state index in [0.29, 0.717) is 25.4 Å². The highest BCUT2D eigenvalue weighted by Gasteiger charge is 2.33. The van der Waals surface area contributed by atoms with Crippen LogP contribution < -0.4 is 5.32 Å². The molecule has 0 saturated heterocycles. The molecule has 1 aliphatic heterocycles. The van der Waals surface area contributed by atoms with Crippen molar-refractivity contribution in [2.24, 2.45) is 5.92 Å². The van der Waals surface area contributed by atoms with Gasteiger partial charge in [-0.2, -0.15) is 0 Å². The molecule has 6 heteroatoms. The maximum absolute atomic E-state index is 12.5. The van der Waals surface area contributed by atoms with Crippen LogP contribution >= 0.6 is 0 Å². The van der Waals surface area contributed by atoms with Crippen LogP contribution in [0.25, 0.3) is 0 Å². The number of aromatic nitrogens is 2.